The van der Waals surface area contributed by atoms with Gasteiger partial charge in [0.05, 0.1) is 6.61 Å². The largest absolute Gasteiger partial charge is 0.395 e. The second-order valence-corrected chi connectivity index (χ2v) is 5.85. The molecule has 2 saturated carbocycles. The first kappa shape index (κ1) is 13.4. The Labute approximate surface area is 119 Å². The van der Waals surface area contributed by atoms with E-state index in [0.717, 1.165) is 25.8 Å². The van der Waals surface area contributed by atoms with Crippen LogP contribution in [-0.2, 0) is 0 Å². The predicted octanol–water partition coefficient (Wildman–Crippen LogP) is 1.96. The Morgan fingerprint density at radius 3 is 2.70 bits per heavy atom. The van der Waals surface area contributed by atoms with Crippen LogP contribution < -0.4 is 5.32 Å². The van der Waals surface area contributed by atoms with Gasteiger partial charge in [0, 0.05) is 19.1 Å². The standard InChI is InChI=1S/C16H22N2O2/c19-9-8-18(14-6-7-14)16(20)17-11-13-10-15(13)12-4-2-1-3-5-12/h1-5,13-15,19H,6-11H2,(H,17,20)/t13-,15-/m1/s1. The highest BCUT2D eigenvalue weighted by atomic mass is 16.3. The molecule has 2 N–H and O–H groups in total. The molecule has 0 unspecified atom stereocenters. The fraction of sp³-hybridized carbons (Fsp3) is 0.562. The lowest BCUT2D eigenvalue weighted by Crippen LogP contribution is -2.43. The molecule has 0 heterocycles. The van der Waals surface area contributed by atoms with Crippen LogP contribution in [0.3, 0.4) is 0 Å². The summed E-state index contributed by atoms with van der Waals surface area (Å²) in [6.45, 7) is 1.23. The van der Waals surface area contributed by atoms with Crippen molar-refractivity contribution in [3.8, 4) is 0 Å². The third-order valence-corrected chi connectivity index (χ3v) is 4.26. The highest BCUT2D eigenvalue weighted by Gasteiger charge is 2.39. The molecule has 0 saturated heterocycles. The molecule has 0 radical (unpaired) electrons. The summed E-state index contributed by atoms with van der Waals surface area (Å²) in [5.41, 5.74) is 1.38. The van der Waals surface area contributed by atoms with Gasteiger partial charge in [-0.25, -0.2) is 4.79 Å². The van der Waals surface area contributed by atoms with Crippen molar-refractivity contribution in [3.63, 3.8) is 0 Å². The molecule has 3 rings (SSSR count). The third-order valence-electron chi connectivity index (χ3n) is 4.26. The lowest BCUT2D eigenvalue weighted by molar-refractivity contribution is 0.173. The molecule has 1 aromatic carbocycles. The average Bonchev–Trinajstić information content (AvgIpc) is 3.37. The van der Waals surface area contributed by atoms with E-state index in [1.807, 2.05) is 6.07 Å². The maximum atomic E-state index is 12.1. The molecule has 4 heteroatoms. The van der Waals surface area contributed by atoms with Crippen LogP contribution in [0.15, 0.2) is 30.3 Å². The summed E-state index contributed by atoms with van der Waals surface area (Å²) >= 11 is 0. The van der Waals surface area contributed by atoms with Gasteiger partial charge in [-0.05, 0) is 36.7 Å². The van der Waals surface area contributed by atoms with Crippen LogP contribution >= 0.6 is 0 Å². The molecule has 1 aromatic rings. The highest BCUT2D eigenvalue weighted by molar-refractivity contribution is 5.75. The molecule has 0 aromatic heterocycles. The maximum Gasteiger partial charge on any atom is 0.317 e. The normalized spacial score (nSPS) is 24.2. The minimum atomic E-state index is -0.0136. The number of rotatable bonds is 6. The van der Waals surface area contributed by atoms with Crippen LogP contribution in [0.2, 0.25) is 0 Å². The second kappa shape index (κ2) is 5.83. The molecule has 2 fully saturated rings. The molecule has 2 amide bonds. The van der Waals surface area contributed by atoms with Crippen LogP contribution in [0.1, 0.15) is 30.7 Å². The number of amides is 2. The van der Waals surface area contributed by atoms with E-state index in [1.165, 1.54) is 5.56 Å². The molecular formula is C16H22N2O2. The zero-order valence-electron chi connectivity index (χ0n) is 11.7. The van der Waals surface area contributed by atoms with Crippen molar-refractivity contribution in [2.45, 2.75) is 31.2 Å². The molecule has 108 valence electrons. The smallest absolute Gasteiger partial charge is 0.317 e. The minimum absolute atomic E-state index is 0.0136. The summed E-state index contributed by atoms with van der Waals surface area (Å²) in [5, 5.41) is 12.0. The van der Waals surface area contributed by atoms with Gasteiger partial charge < -0.3 is 15.3 Å². The summed E-state index contributed by atoms with van der Waals surface area (Å²) in [4.78, 5) is 13.9. The van der Waals surface area contributed by atoms with Crippen LogP contribution in [0.25, 0.3) is 0 Å². The molecular weight excluding hydrogens is 252 g/mol. The SMILES string of the molecule is O=C(NC[C@H]1C[C@@H]1c1ccccc1)N(CCO)C1CC1. The summed E-state index contributed by atoms with van der Waals surface area (Å²) < 4.78 is 0. The maximum absolute atomic E-state index is 12.1. The number of aliphatic hydroxyl groups is 1. The number of benzene rings is 1. The summed E-state index contributed by atoms with van der Waals surface area (Å²) in [7, 11) is 0. The van der Waals surface area contributed by atoms with Crippen molar-refractivity contribution in [3.05, 3.63) is 35.9 Å². The predicted molar refractivity (Wildman–Crippen MR) is 77.5 cm³/mol. The van der Waals surface area contributed by atoms with Crippen LogP contribution in [0.4, 0.5) is 4.79 Å². The topological polar surface area (TPSA) is 52.6 Å². The summed E-state index contributed by atoms with van der Waals surface area (Å²) in [6.07, 6.45) is 3.31. The molecule has 0 spiro atoms. The lowest BCUT2D eigenvalue weighted by Gasteiger charge is -2.21. The number of nitrogens with zero attached hydrogens (tertiary/aromatic N) is 1. The van der Waals surface area contributed by atoms with Crippen molar-refractivity contribution >= 4 is 6.03 Å². The zero-order valence-corrected chi connectivity index (χ0v) is 11.7. The van der Waals surface area contributed by atoms with E-state index in [1.54, 1.807) is 4.90 Å². The molecule has 0 aliphatic heterocycles. The van der Waals surface area contributed by atoms with Gasteiger partial charge in [0.25, 0.3) is 0 Å². The number of urea groups is 1. The number of carbonyl (C=O) groups is 1. The molecule has 20 heavy (non-hydrogen) atoms. The molecule has 2 aliphatic rings. The van der Waals surface area contributed by atoms with Gasteiger partial charge in [0.15, 0.2) is 0 Å². The number of carbonyl (C=O) groups excluding carboxylic acids is 1. The van der Waals surface area contributed by atoms with E-state index in [0.29, 0.717) is 24.4 Å². The van der Waals surface area contributed by atoms with Crippen molar-refractivity contribution < 1.29 is 9.90 Å². The Morgan fingerprint density at radius 2 is 2.05 bits per heavy atom. The summed E-state index contributed by atoms with van der Waals surface area (Å²) in [5.74, 6) is 1.17. The fourth-order valence-corrected chi connectivity index (χ4v) is 2.85. The Balaban J connectivity index is 1.45. The molecule has 4 nitrogen and oxygen atoms in total. The monoisotopic (exact) mass is 274 g/mol. The van der Waals surface area contributed by atoms with Gasteiger partial charge in [0.2, 0.25) is 0 Å². The summed E-state index contributed by atoms with van der Waals surface area (Å²) in [6, 6.07) is 10.8. The quantitative estimate of drug-likeness (QED) is 0.833. The number of nitrogens with one attached hydrogen (secondary N) is 1. The second-order valence-electron chi connectivity index (χ2n) is 5.85. The highest BCUT2D eigenvalue weighted by Crippen LogP contribution is 2.46. The molecule has 0 bridgehead atoms. The average molecular weight is 274 g/mol. The molecule has 2 aliphatic carbocycles. The van der Waals surface area contributed by atoms with Crippen LogP contribution in [-0.4, -0.2) is 41.8 Å². The van der Waals surface area contributed by atoms with Crippen molar-refractivity contribution in [2.24, 2.45) is 5.92 Å². The third kappa shape index (κ3) is 3.12. The number of aliphatic hydroxyl groups excluding tert-OH is 1. The van der Waals surface area contributed by atoms with E-state index in [9.17, 15) is 4.79 Å². The Bertz CT molecular complexity index is 459. The Hall–Kier alpha value is -1.55. The lowest BCUT2D eigenvalue weighted by atomic mass is 10.1. The van der Waals surface area contributed by atoms with E-state index < -0.39 is 0 Å². The Morgan fingerprint density at radius 1 is 1.30 bits per heavy atom. The first-order valence-corrected chi connectivity index (χ1v) is 7.50. The van der Waals surface area contributed by atoms with E-state index in [2.05, 4.69) is 29.6 Å². The van der Waals surface area contributed by atoms with Crippen LogP contribution in [0, 0.1) is 5.92 Å². The first-order valence-electron chi connectivity index (χ1n) is 7.50. The van der Waals surface area contributed by atoms with Crippen LogP contribution in [0.5, 0.6) is 0 Å². The first-order chi connectivity index (χ1) is 9.79. The number of hydrogen-bond acceptors (Lipinski definition) is 2. The molecule has 2 atom stereocenters. The fourth-order valence-electron chi connectivity index (χ4n) is 2.85. The minimum Gasteiger partial charge on any atom is -0.395 e. The number of hydrogen-bond donors (Lipinski definition) is 2. The van der Waals surface area contributed by atoms with E-state index in [-0.39, 0.29) is 12.6 Å². The van der Waals surface area contributed by atoms with Crippen molar-refractivity contribution in [2.75, 3.05) is 19.7 Å². The van der Waals surface area contributed by atoms with Gasteiger partial charge >= 0.3 is 6.03 Å². The van der Waals surface area contributed by atoms with Gasteiger partial charge in [-0.1, -0.05) is 30.3 Å². The Kier molecular flexibility index (Phi) is 3.92. The van der Waals surface area contributed by atoms with Gasteiger partial charge in [-0.3, -0.25) is 0 Å². The van der Waals surface area contributed by atoms with Crippen molar-refractivity contribution in [1.29, 1.82) is 0 Å². The van der Waals surface area contributed by atoms with E-state index in [4.69, 9.17) is 5.11 Å². The van der Waals surface area contributed by atoms with Gasteiger partial charge in [-0.15, -0.1) is 0 Å². The van der Waals surface area contributed by atoms with Crippen molar-refractivity contribution in [1.82, 2.24) is 10.2 Å². The zero-order chi connectivity index (χ0) is 13.9. The van der Waals surface area contributed by atoms with E-state index >= 15 is 0 Å². The van der Waals surface area contributed by atoms with Gasteiger partial charge in [0.1, 0.15) is 0 Å². The van der Waals surface area contributed by atoms with Gasteiger partial charge in [-0.2, -0.15) is 0 Å².